The first-order valence-electron chi connectivity index (χ1n) is 7.00. The molecule has 0 amide bonds. The summed E-state index contributed by atoms with van der Waals surface area (Å²) in [7, 11) is -1.58. The van der Waals surface area contributed by atoms with Gasteiger partial charge in [0.1, 0.15) is 0 Å². The standard InChI is InChI=1S/C12H25N3O2S/c1-14(12-7-3-2-4-8-12)18(16,17)15-9-5-6-11(13)10-15/h11-12H,2-10,13H2,1H3. The maximum atomic E-state index is 12.5. The van der Waals surface area contributed by atoms with Gasteiger partial charge in [0.25, 0.3) is 10.2 Å². The van der Waals surface area contributed by atoms with Gasteiger partial charge < -0.3 is 5.73 Å². The normalized spacial score (nSPS) is 28.7. The van der Waals surface area contributed by atoms with Gasteiger partial charge in [-0.05, 0) is 25.7 Å². The van der Waals surface area contributed by atoms with Crippen molar-refractivity contribution in [1.29, 1.82) is 0 Å². The fourth-order valence-electron chi connectivity index (χ4n) is 3.00. The predicted octanol–water partition coefficient (Wildman–Crippen LogP) is 0.919. The average Bonchev–Trinajstić information content (AvgIpc) is 2.39. The van der Waals surface area contributed by atoms with Gasteiger partial charge in [0.05, 0.1) is 0 Å². The lowest BCUT2D eigenvalue weighted by atomic mass is 9.96. The Morgan fingerprint density at radius 1 is 1.11 bits per heavy atom. The third-order valence-electron chi connectivity index (χ3n) is 4.20. The van der Waals surface area contributed by atoms with Crippen molar-refractivity contribution in [2.24, 2.45) is 5.73 Å². The molecule has 1 saturated carbocycles. The van der Waals surface area contributed by atoms with Gasteiger partial charge in [-0.15, -0.1) is 0 Å². The number of rotatable bonds is 3. The van der Waals surface area contributed by atoms with Crippen LogP contribution in [0.5, 0.6) is 0 Å². The van der Waals surface area contributed by atoms with E-state index in [0.29, 0.717) is 13.1 Å². The molecule has 2 fully saturated rings. The lowest BCUT2D eigenvalue weighted by molar-refractivity contribution is 0.245. The molecule has 1 aliphatic heterocycles. The molecule has 5 nitrogen and oxygen atoms in total. The zero-order valence-electron chi connectivity index (χ0n) is 11.2. The minimum atomic E-state index is -3.31. The van der Waals surface area contributed by atoms with E-state index in [4.69, 9.17) is 5.73 Å². The van der Waals surface area contributed by atoms with Gasteiger partial charge in [-0.2, -0.15) is 17.0 Å². The summed E-state index contributed by atoms with van der Waals surface area (Å²) in [5.74, 6) is 0. The fourth-order valence-corrected chi connectivity index (χ4v) is 4.69. The van der Waals surface area contributed by atoms with Gasteiger partial charge in [-0.1, -0.05) is 19.3 Å². The Bertz CT molecular complexity index is 366. The van der Waals surface area contributed by atoms with Crippen molar-refractivity contribution in [2.75, 3.05) is 20.1 Å². The second kappa shape index (κ2) is 5.86. The Kier molecular flexibility index (Phi) is 4.64. The summed E-state index contributed by atoms with van der Waals surface area (Å²) in [4.78, 5) is 0. The van der Waals surface area contributed by atoms with Gasteiger partial charge in [-0.3, -0.25) is 0 Å². The van der Waals surface area contributed by atoms with Gasteiger partial charge in [-0.25, -0.2) is 0 Å². The van der Waals surface area contributed by atoms with E-state index in [1.54, 1.807) is 15.7 Å². The molecule has 0 spiro atoms. The Labute approximate surface area is 110 Å². The van der Waals surface area contributed by atoms with E-state index in [9.17, 15) is 8.42 Å². The van der Waals surface area contributed by atoms with E-state index in [2.05, 4.69) is 0 Å². The van der Waals surface area contributed by atoms with Gasteiger partial charge >= 0.3 is 0 Å². The molecule has 2 rings (SSSR count). The zero-order valence-corrected chi connectivity index (χ0v) is 12.0. The number of piperidine rings is 1. The van der Waals surface area contributed by atoms with Crippen LogP contribution < -0.4 is 5.73 Å². The highest BCUT2D eigenvalue weighted by Gasteiger charge is 2.34. The number of hydrogen-bond acceptors (Lipinski definition) is 3. The second-order valence-electron chi connectivity index (χ2n) is 5.58. The average molecular weight is 275 g/mol. The molecule has 0 aromatic rings. The van der Waals surface area contributed by atoms with Crippen LogP contribution in [0.2, 0.25) is 0 Å². The molecular formula is C12H25N3O2S. The van der Waals surface area contributed by atoms with Crippen LogP contribution in [0.4, 0.5) is 0 Å². The van der Waals surface area contributed by atoms with Gasteiger partial charge in [0.2, 0.25) is 0 Å². The number of hydrogen-bond donors (Lipinski definition) is 1. The highest BCUT2D eigenvalue weighted by Crippen LogP contribution is 2.25. The van der Waals surface area contributed by atoms with Crippen molar-refractivity contribution in [3.05, 3.63) is 0 Å². The van der Waals surface area contributed by atoms with Gasteiger partial charge in [0, 0.05) is 32.2 Å². The van der Waals surface area contributed by atoms with Crippen molar-refractivity contribution in [1.82, 2.24) is 8.61 Å². The predicted molar refractivity (Wildman–Crippen MR) is 72.3 cm³/mol. The molecule has 18 heavy (non-hydrogen) atoms. The van der Waals surface area contributed by atoms with Crippen LogP contribution in [0, 0.1) is 0 Å². The molecule has 106 valence electrons. The van der Waals surface area contributed by atoms with Crippen molar-refractivity contribution < 1.29 is 8.42 Å². The quantitative estimate of drug-likeness (QED) is 0.833. The first-order valence-corrected chi connectivity index (χ1v) is 8.40. The topological polar surface area (TPSA) is 66.6 Å². The van der Waals surface area contributed by atoms with E-state index < -0.39 is 10.2 Å². The lowest BCUT2D eigenvalue weighted by Gasteiger charge is -2.37. The van der Waals surface area contributed by atoms with Crippen molar-refractivity contribution in [3.63, 3.8) is 0 Å². The largest absolute Gasteiger partial charge is 0.327 e. The number of nitrogens with two attached hydrogens (primary N) is 1. The van der Waals surface area contributed by atoms with Crippen molar-refractivity contribution in [2.45, 2.75) is 57.0 Å². The van der Waals surface area contributed by atoms with Crippen molar-refractivity contribution >= 4 is 10.2 Å². The highest BCUT2D eigenvalue weighted by molar-refractivity contribution is 7.86. The molecule has 2 aliphatic rings. The van der Waals surface area contributed by atoms with E-state index in [1.165, 1.54) is 6.42 Å². The molecule has 0 radical (unpaired) electrons. The second-order valence-corrected chi connectivity index (χ2v) is 7.56. The molecule has 1 heterocycles. The van der Waals surface area contributed by atoms with E-state index in [1.807, 2.05) is 0 Å². The van der Waals surface area contributed by atoms with Crippen LogP contribution >= 0.6 is 0 Å². The minimum absolute atomic E-state index is 0.00622. The third kappa shape index (κ3) is 3.04. The monoisotopic (exact) mass is 275 g/mol. The Balaban J connectivity index is 2.04. The van der Waals surface area contributed by atoms with E-state index >= 15 is 0 Å². The summed E-state index contributed by atoms with van der Waals surface area (Å²) >= 11 is 0. The number of nitrogens with zero attached hydrogens (tertiary/aromatic N) is 2. The van der Waals surface area contributed by atoms with E-state index in [0.717, 1.165) is 38.5 Å². The minimum Gasteiger partial charge on any atom is -0.327 e. The summed E-state index contributed by atoms with van der Waals surface area (Å²) in [6.45, 7) is 1.09. The molecule has 2 N–H and O–H groups in total. The van der Waals surface area contributed by atoms with E-state index in [-0.39, 0.29) is 12.1 Å². The lowest BCUT2D eigenvalue weighted by Crippen LogP contribution is -2.52. The maximum Gasteiger partial charge on any atom is 0.282 e. The van der Waals surface area contributed by atoms with Gasteiger partial charge in [0.15, 0.2) is 0 Å². The molecular weight excluding hydrogens is 250 g/mol. The van der Waals surface area contributed by atoms with Crippen LogP contribution in [0.25, 0.3) is 0 Å². The van der Waals surface area contributed by atoms with Crippen molar-refractivity contribution in [3.8, 4) is 0 Å². The van der Waals surface area contributed by atoms with Crippen LogP contribution in [0.15, 0.2) is 0 Å². The molecule has 6 heteroatoms. The summed E-state index contributed by atoms with van der Waals surface area (Å²) in [5, 5.41) is 0. The molecule has 1 unspecified atom stereocenters. The smallest absolute Gasteiger partial charge is 0.282 e. The summed E-state index contributed by atoms with van der Waals surface area (Å²) in [6.07, 6.45) is 7.32. The summed E-state index contributed by atoms with van der Waals surface area (Å²) in [5.41, 5.74) is 5.88. The molecule has 1 atom stereocenters. The zero-order chi connectivity index (χ0) is 13.2. The Morgan fingerprint density at radius 2 is 1.78 bits per heavy atom. The fraction of sp³-hybridized carbons (Fsp3) is 1.00. The first kappa shape index (κ1) is 14.2. The van der Waals surface area contributed by atoms with Crippen LogP contribution in [0.3, 0.4) is 0 Å². The summed E-state index contributed by atoms with van der Waals surface area (Å²) < 4.78 is 28.2. The third-order valence-corrected chi connectivity index (χ3v) is 6.21. The SMILES string of the molecule is CN(C1CCCCC1)S(=O)(=O)N1CCCC(N)C1. The molecule has 0 aromatic heterocycles. The summed E-state index contributed by atoms with van der Waals surface area (Å²) in [6, 6.07) is 0.176. The Hall–Kier alpha value is -0.170. The van der Waals surface area contributed by atoms with Crippen LogP contribution in [0.1, 0.15) is 44.9 Å². The molecule has 1 aliphatic carbocycles. The molecule has 0 bridgehead atoms. The van der Waals surface area contributed by atoms with Crippen LogP contribution in [-0.2, 0) is 10.2 Å². The Morgan fingerprint density at radius 3 is 2.39 bits per heavy atom. The molecule has 0 aromatic carbocycles. The first-order chi connectivity index (χ1) is 8.51. The molecule has 1 saturated heterocycles. The highest BCUT2D eigenvalue weighted by atomic mass is 32.2. The van der Waals surface area contributed by atoms with Crippen LogP contribution in [-0.4, -0.2) is 49.2 Å². The maximum absolute atomic E-state index is 12.5.